The summed E-state index contributed by atoms with van der Waals surface area (Å²) in [5.74, 6) is -1.59. The Morgan fingerprint density at radius 2 is 2.00 bits per heavy atom. The minimum atomic E-state index is -4.88. The van der Waals surface area contributed by atoms with Crippen LogP contribution in [0.15, 0.2) is 18.2 Å². The smallest absolute Gasteiger partial charge is 0.503 e. The van der Waals surface area contributed by atoms with E-state index in [4.69, 9.17) is 10.4 Å². The maximum Gasteiger partial charge on any atom is 0.573 e. The number of nitrogens with zero attached hydrogens (tertiary/aromatic N) is 1. The Morgan fingerprint density at radius 1 is 1.36 bits per heavy atom. The van der Waals surface area contributed by atoms with E-state index in [1.165, 1.54) is 18.2 Å². The third-order valence-corrected chi connectivity index (χ3v) is 1.35. The molecule has 0 aromatic heterocycles. The molecule has 0 aliphatic heterocycles. The normalized spacial score (nSPS) is 10.7. The van der Waals surface area contributed by atoms with Crippen LogP contribution in [0.25, 0.3) is 0 Å². The van der Waals surface area contributed by atoms with E-state index in [0.717, 1.165) is 6.07 Å². The molecule has 0 heterocycles. The van der Waals surface area contributed by atoms with Gasteiger partial charge in [-0.15, -0.1) is 13.2 Å². The lowest BCUT2D eigenvalue weighted by atomic mass is 10.2. The first kappa shape index (κ1) is 10.2. The highest BCUT2D eigenvalue weighted by molar-refractivity contribution is 5.51. The summed E-state index contributed by atoms with van der Waals surface area (Å²) >= 11 is 0. The van der Waals surface area contributed by atoms with Crippen LogP contribution in [-0.4, -0.2) is 11.5 Å². The van der Waals surface area contributed by atoms with Crippen molar-refractivity contribution in [1.29, 1.82) is 5.26 Å². The number of rotatable bonds is 1. The number of phenols is 1. The summed E-state index contributed by atoms with van der Waals surface area (Å²) in [6.07, 6.45) is -4.88. The number of nitriles is 1. The average Bonchev–Trinajstić information content (AvgIpc) is 2.06. The molecule has 3 nitrogen and oxygen atoms in total. The van der Waals surface area contributed by atoms with Crippen LogP contribution in [0.1, 0.15) is 5.56 Å². The van der Waals surface area contributed by atoms with Gasteiger partial charge in [0.25, 0.3) is 0 Å². The number of para-hydroxylation sites is 1. The Morgan fingerprint density at radius 3 is 2.50 bits per heavy atom. The van der Waals surface area contributed by atoms with Gasteiger partial charge in [0.05, 0.1) is 5.56 Å². The minimum absolute atomic E-state index is 0.272. The third-order valence-electron chi connectivity index (χ3n) is 1.35. The molecule has 0 atom stereocenters. The number of hydrogen-bond donors (Lipinski definition) is 1. The van der Waals surface area contributed by atoms with Crippen molar-refractivity contribution in [3.05, 3.63) is 23.8 Å². The van der Waals surface area contributed by atoms with Crippen LogP contribution in [0.5, 0.6) is 11.5 Å². The standard InChI is InChI=1S/C8H4F3NO2/c9-8(10,11)14-6-3-1-2-5(4-12)7(6)13/h1-3,13H. The van der Waals surface area contributed by atoms with Gasteiger partial charge in [0, 0.05) is 0 Å². The SMILES string of the molecule is N#Cc1cccc(OC(F)(F)F)c1O. The summed E-state index contributed by atoms with van der Waals surface area (Å²) < 4.78 is 38.7. The van der Waals surface area contributed by atoms with Gasteiger partial charge in [0.15, 0.2) is 11.5 Å². The van der Waals surface area contributed by atoms with Gasteiger partial charge in [-0.25, -0.2) is 0 Å². The van der Waals surface area contributed by atoms with Gasteiger partial charge < -0.3 is 9.84 Å². The van der Waals surface area contributed by atoms with Crippen LogP contribution in [0.4, 0.5) is 13.2 Å². The Kier molecular flexibility index (Phi) is 2.51. The van der Waals surface area contributed by atoms with E-state index in [0.29, 0.717) is 0 Å². The molecule has 0 saturated carbocycles. The summed E-state index contributed by atoms with van der Waals surface area (Å²) in [5, 5.41) is 17.5. The highest BCUT2D eigenvalue weighted by Crippen LogP contribution is 2.33. The van der Waals surface area contributed by atoms with E-state index in [9.17, 15) is 13.2 Å². The zero-order chi connectivity index (χ0) is 10.8. The van der Waals surface area contributed by atoms with Gasteiger partial charge in [-0.1, -0.05) is 6.07 Å². The molecule has 0 fully saturated rings. The molecule has 0 amide bonds. The number of alkyl halides is 3. The molecule has 14 heavy (non-hydrogen) atoms. The molecule has 0 unspecified atom stereocenters. The van der Waals surface area contributed by atoms with Crippen molar-refractivity contribution in [2.45, 2.75) is 6.36 Å². The molecule has 0 aliphatic carbocycles. The first-order chi connectivity index (χ1) is 6.44. The van der Waals surface area contributed by atoms with Crippen molar-refractivity contribution in [3.63, 3.8) is 0 Å². The fraction of sp³-hybridized carbons (Fsp3) is 0.125. The zero-order valence-corrected chi connectivity index (χ0v) is 6.67. The second kappa shape index (κ2) is 3.46. The van der Waals surface area contributed by atoms with E-state index >= 15 is 0 Å². The largest absolute Gasteiger partial charge is 0.573 e. The molecule has 0 spiro atoms. The van der Waals surface area contributed by atoms with Crippen molar-refractivity contribution < 1.29 is 23.0 Å². The summed E-state index contributed by atoms with van der Waals surface area (Å²) in [6.45, 7) is 0. The molecule has 0 radical (unpaired) electrons. The lowest BCUT2D eigenvalue weighted by molar-refractivity contribution is -0.275. The molecule has 0 saturated heterocycles. The minimum Gasteiger partial charge on any atom is -0.503 e. The average molecular weight is 203 g/mol. The number of aromatic hydroxyl groups is 1. The Balaban J connectivity index is 3.06. The maximum absolute atomic E-state index is 11.7. The van der Waals surface area contributed by atoms with Crippen molar-refractivity contribution in [2.75, 3.05) is 0 Å². The number of phenolic OH excluding ortho intramolecular Hbond substituents is 1. The fourth-order valence-electron chi connectivity index (χ4n) is 0.820. The highest BCUT2D eigenvalue weighted by atomic mass is 19.4. The second-order valence-electron chi connectivity index (χ2n) is 2.31. The molecule has 1 rings (SSSR count). The monoisotopic (exact) mass is 203 g/mol. The summed E-state index contributed by atoms with van der Waals surface area (Å²) in [6, 6.07) is 4.80. The number of ether oxygens (including phenoxy) is 1. The second-order valence-corrected chi connectivity index (χ2v) is 2.31. The predicted octanol–water partition coefficient (Wildman–Crippen LogP) is 2.16. The summed E-state index contributed by atoms with van der Waals surface area (Å²) in [5.41, 5.74) is -0.272. The molecule has 6 heteroatoms. The van der Waals surface area contributed by atoms with Gasteiger partial charge in [-0.3, -0.25) is 0 Å². The Labute approximate surface area is 77.0 Å². The van der Waals surface area contributed by atoms with Crippen LogP contribution in [0.3, 0.4) is 0 Å². The lowest BCUT2D eigenvalue weighted by Crippen LogP contribution is -2.17. The van der Waals surface area contributed by atoms with Crippen LogP contribution in [0.2, 0.25) is 0 Å². The van der Waals surface area contributed by atoms with Crippen molar-refractivity contribution in [3.8, 4) is 17.6 Å². The highest BCUT2D eigenvalue weighted by Gasteiger charge is 2.32. The topological polar surface area (TPSA) is 53.2 Å². The molecule has 1 aromatic carbocycles. The number of halogens is 3. The molecule has 1 aromatic rings. The van der Waals surface area contributed by atoms with Crippen molar-refractivity contribution in [1.82, 2.24) is 0 Å². The molecule has 74 valence electrons. The maximum atomic E-state index is 11.7. The molecule has 0 aliphatic rings. The molecule has 1 N–H and O–H groups in total. The molecular formula is C8H4F3NO2. The van der Waals surface area contributed by atoms with Gasteiger partial charge in [0.2, 0.25) is 0 Å². The van der Waals surface area contributed by atoms with Gasteiger partial charge in [-0.05, 0) is 12.1 Å². The van der Waals surface area contributed by atoms with Gasteiger partial charge in [-0.2, -0.15) is 5.26 Å². The fourth-order valence-corrected chi connectivity index (χ4v) is 0.820. The van der Waals surface area contributed by atoms with Crippen LogP contribution in [0, 0.1) is 11.3 Å². The number of hydrogen-bond acceptors (Lipinski definition) is 3. The van der Waals surface area contributed by atoms with Crippen molar-refractivity contribution in [2.24, 2.45) is 0 Å². The van der Waals surface area contributed by atoms with Crippen LogP contribution >= 0.6 is 0 Å². The van der Waals surface area contributed by atoms with Gasteiger partial charge in [0.1, 0.15) is 6.07 Å². The van der Waals surface area contributed by atoms with E-state index in [1.807, 2.05) is 0 Å². The van der Waals surface area contributed by atoms with Crippen LogP contribution < -0.4 is 4.74 Å². The van der Waals surface area contributed by atoms with Gasteiger partial charge >= 0.3 is 6.36 Å². The summed E-state index contributed by atoms with van der Waals surface area (Å²) in [7, 11) is 0. The quantitative estimate of drug-likeness (QED) is 0.760. The van der Waals surface area contributed by atoms with E-state index in [1.54, 1.807) is 0 Å². The zero-order valence-electron chi connectivity index (χ0n) is 6.67. The van der Waals surface area contributed by atoms with E-state index in [2.05, 4.69) is 4.74 Å². The van der Waals surface area contributed by atoms with E-state index in [-0.39, 0.29) is 5.56 Å². The molecule has 0 bridgehead atoms. The number of benzene rings is 1. The predicted molar refractivity (Wildman–Crippen MR) is 39.5 cm³/mol. The third kappa shape index (κ3) is 2.29. The Hall–Kier alpha value is -1.90. The lowest BCUT2D eigenvalue weighted by Gasteiger charge is -2.10. The van der Waals surface area contributed by atoms with E-state index < -0.39 is 17.9 Å². The summed E-state index contributed by atoms with van der Waals surface area (Å²) in [4.78, 5) is 0. The first-order valence-electron chi connectivity index (χ1n) is 3.42. The molecular weight excluding hydrogens is 199 g/mol. The Bertz CT molecular complexity index is 381. The van der Waals surface area contributed by atoms with Crippen LogP contribution in [-0.2, 0) is 0 Å². The first-order valence-corrected chi connectivity index (χ1v) is 3.42. The van der Waals surface area contributed by atoms with Crippen molar-refractivity contribution >= 4 is 0 Å².